The van der Waals surface area contributed by atoms with E-state index in [9.17, 15) is 37.5 Å². The van der Waals surface area contributed by atoms with E-state index in [4.69, 9.17) is 34.8 Å². The van der Waals surface area contributed by atoms with Crippen molar-refractivity contribution in [3.63, 3.8) is 0 Å². The summed E-state index contributed by atoms with van der Waals surface area (Å²) < 4.78 is 27.6. The van der Waals surface area contributed by atoms with Gasteiger partial charge in [0.15, 0.2) is 30.9 Å². The molecule has 0 unspecified atom stereocenters. The normalized spacial score (nSPS) is 10.6. The Balaban J connectivity index is 0.000000159. The van der Waals surface area contributed by atoms with Gasteiger partial charge in [-0.15, -0.1) is 0 Å². The number of rotatable bonds is 23. The Morgan fingerprint density at radius 3 is 1.34 bits per heavy atom. The SMILES string of the molecule is CCCc1cc(=O)[nH]c(SCc2cccnc2)n1.CCc1cc(=O)[nH]c(SCc2cccnc2)n1.Cc1cc(=O)[nH]c(SCc2c(Cl)ncc(C)c2Cl)n1.Cc1cc(=O)[nH]c(SCc2cc3ccccc3nc2Cl)n1.Cc1nc(SCc2cccnc2)[nH]c(=O)c1Cc1c(F)cccc1F.O=c1ccnc(SCc2cccnc2)[nH]1. The summed E-state index contributed by atoms with van der Waals surface area (Å²) in [6.07, 6.45) is 19.7. The van der Waals surface area contributed by atoms with Crippen molar-refractivity contribution in [3.8, 4) is 0 Å². The molecule has 12 aromatic heterocycles. The number of nitrogens with one attached hydrogen (secondary N) is 6. The highest BCUT2D eigenvalue weighted by molar-refractivity contribution is 7.99. The number of para-hydroxylation sites is 1. The number of thioether (sulfide) groups is 6. The minimum atomic E-state index is -0.672. The smallest absolute Gasteiger partial charge is 0.255 e. The fourth-order valence-electron chi connectivity index (χ4n) is 9.88. The van der Waals surface area contributed by atoms with Crippen LogP contribution in [0.15, 0.2) is 249 Å². The van der Waals surface area contributed by atoms with Crippen molar-refractivity contribution in [2.45, 2.75) is 133 Å². The van der Waals surface area contributed by atoms with Crippen LogP contribution >= 0.6 is 105 Å². The van der Waals surface area contributed by atoms with Gasteiger partial charge in [0.2, 0.25) is 0 Å². The van der Waals surface area contributed by atoms with Gasteiger partial charge in [0.05, 0.1) is 10.5 Å². The molecule has 0 aliphatic carbocycles. The highest BCUT2D eigenvalue weighted by Gasteiger charge is 2.17. The average molecular weight is 1720 g/mol. The van der Waals surface area contributed by atoms with E-state index >= 15 is 0 Å². The third-order valence-corrected chi connectivity index (χ3v) is 22.3. The van der Waals surface area contributed by atoms with Crippen LogP contribution in [0.25, 0.3) is 10.9 Å². The van der Waals surface area contributed by atoms with Gasteiger partial charge in [0.1, 0.15) is 21.9 Å². The lowest BCUT2D eigenvalue weighted by Gasteiger charge is -2.08. The van der Waals surface area contributed by atoms with E-state index in [1.807, 2.05) is 105 Å². The van der Waals surface area contributed by atoms with Crippen LogP contribution in [0.2, 0.25) is 15.3 Å². The van der Waals surface area contributed by atoms with E-state index in [1.54, 1.807) is 70.2 Å². The Labute approximate surface area is 699 Å². The number of halogens is 5. The van der Waals surface area contributed by atoms with Crippen LogP contribution in [0.4, 0.5) is 8.78 Å². The molecule has 592 valence electrons. The van der Waals surface area contributed by atoms with E-state index in [1.165, 1.54) is 119 Å². The fraction of sp³-hybridized carbons (Fsp3) is 0.200. The number of benzene rings is 2. The van der Waals surface area contributed by atoms with E-state index < -0.39 is 11.6 Å². The molecule has 0 bridgehead atoms. The van der Waals surface area contributed by atoms with Crippen molar-refractivity contribution in [1.29, 1.82) is 0 Å². The predicted molar refractivity (Wildman–Crippen MR) is 456 cm³/mol. The summed E-state index contributed by atoms with van der Waals surface area (Å²) in [5, 5.41) is 6.06. The standard InChI is InChI=1S/C18H15F2N3OS.C15H12ClN3OS.C13H15N3OS.C12H11Cl2N3OS.C12H13N3OS.C10H9N3OS/c1-11-13(8-14-15(19)5-2-6-16(14)20)17(24)23-18(22-11)25-10-12-4-3-7-21-9-12;1-9-6-13(20)19-15(17-9)21-8-11-7-10-4-2-3-5-12(10)18-14(11)16;1-2-4-11-7-12(17)16-13(15-11)18-9-10-5-3-6-14-8-10;1-6-4-15-11(14)8(10(6)13)5-19-12-16-7(2)3-9(18)17-12;1-2-10-6-11(16)15-12(14-10)17-8-9-4-3-5-13-7-9;14-9-3-5-12-10(13-9)15-7-8-2-1-4-11-6-8/h2-7,9H,8,10H2,1H3,(H,22,23,24);2-7H,8H2,1H3,(H,17,19,20);3,5-8H,2,4,9H2,1H3,(H,15,16,17);3-4H,5H2,1-2H3,(H,16,17,18);3-7H,2,8H2,1H3,(H,14,15,16);1-6H,7H2,(H,12,13,14). The molecule has 0 atom stereocenters. The van der Waals surface area contributed by atoms with E-state index in [-0.39, 0.29) is 50.9 Å². The molecule has 14 aromatic rings. The van der Waals surface area contributed by atoms with Crippen molar-refractivity contribution in [2.24, 2.45) is 0 Å². The molecule has 115 heavy (non-hydrogen) atoms. The van der Waals surface area contributed by atoms with Crippen LogP contribution < -0.4 is 33.4 Å². The van der Waals surface area contributed by atoms with Crippen LogP contribution in [-0.2, 0) is 53.8 Å². The molecule has 0 saturated heterocycles. The van der Waals surface area contributed by atoms with Crippen molar-refractivity contribution < 1.29 is 8.78 Å². The minimum absolute atomic E-state index is 0.0814. The van der Waals surface area contributed by atoms with Crippen molar-refractivity contribution in [3.05, 3.63) is 357 Å². The van der Waals surface area contributed by atoms with Gasteiger partial charge in [-0.3, -0.25) is 48.7 Å². The summed E-state index contributed by atoms with van der Waals surface area (Å²) in [4.78, 5) is 135. The van der Waals surface area contributed by atoms with Crippen LogP contribution in [0.3, 0.4) is 0 Å². The first-order valence-corrected chi connectivity index (χ1v) is 42.2. The summed E-state index contributed by atoms with van der Waals surface area (Å²) in [7, 11) is 0. The molecule has 2 aromatic carbocycles. The van der Waals surface area contributed by atoms with Gasteiger partial charge in [0.25, 0.3) is 33.4 Å². The van der Waals surface area contributed by atoms with Crippen molar-refractivity contribution in [1.82, 2.24) is 89.7 Å². The minimum Gasteiger partial charge on any atom is -0.301 e. The van der Waals surface area contributed by atoms with Gasteiger partial charge in [0, 0.05) is 189 Å². The lowest BCUT2D eigenvalue weighted by Crippen LogP contribution is -2.18. The molecule has 0 fully saturated rings. The number of nitrogens with zero attached hydrogens (tertiary/aromatic N) is 12. The van der Waals surface area contributed by atoms with Gasteiger partial charge in [-0.1, -0.05) is 174 Å². The molecule has 0 aliphatic heterocycles. The first-order chi connectivity index (χ1) is 55.5. The average Bonchev–Trinajstić information content (AvgIpc) is 0.805. The van der Waals surface area contributed by atoms with Crippen LogP contribution in [0.1, 0.15) is 98.8 Å². The largest absolute Gasteiger partial charge is 0.301 e. The molecule has 0 saturated carbocycles. The first-order valence-electron chi connectivity index (χ1n) is 35.1. The van der Waals surface area contributed by atoms with Gasteiger partial charge < -0.3 is 29.9 Å². The zero-order chi connectivity index (χ0) is 82.0. The predicted octanol–water partition coefficient (Wildman–Crippen LogP) is 16.5. The molecular formula is C80H75Cl3F2N18O6S6. The van der Waals surface area contributed by atoms with Gasteiger partial charge >= 0.3 is 0 Å². The molecule has 0 radical (unpaired) electrons. The molecule has 24 nitrogen and oxygen atoms in total. The quantitative estimate of drug-likeness (QED) is 0.0197. The Kier molecular flexibility index (Phi) is 35.7. The third kappa shape index (κ3) is 30.1. The number of pyridine rings is 6. The van der Waals surface area contributed by atoms with E-state index in [0.29, 0.717) is 80.6 Å². The summed E-state index contributed by atoms with van der Waals surface area (Å²) >= 11 is 27.1. The molecule has 6 N–H and O–H groups in total. The van der Waals surface area contributed by atoms with Crippen LogP contribution in [0.5, 0.6) is 0 Å². The van der Waals surface area contributed by atoms with E-state index in [2.05, 4.69) is 96.6 Å². The Morgan fingerprint density at radius 2 is 0.852 bits per heavy atom. The fourth-order valence-corrected chi connectivity index (χ4v) is 15.9. The molecule has 35 heteroatoms. The van der Waals surface area contributed by atoms with Gasteiger partial charge in [-0.25, -0.2) is 48.7 Å². The maximum atomic E-state index is 13.8. The Morgan fingerprint density at radius 1 is 0.391 bits per heavy atom. The highest BCUT2D eigenvalue weighted by Crippen LogP contribution is 2.32. The molecule has 0 amide bonds. The number of aryl methyl sites for hydroxylation is 6. The second kappa shape index (κ2) is 46.3. The summed E-state index contributed by atoms with van der Waals surface area (Å²) in [6.45, 7) is 11.2. The molecule has 0 aliphatic rings. The molecular weight excluding hydrogens is 1650 g/mol. The maximum absolute atomic E-state index is 13.8. The number of fused-ring (bicyclic) bond motifs is 1. The van der Waals surface area contributed by atoms with Crippen LogP contribution in [-0.4, -0.2) is 89.7 Å². The summed E-state index contributed by atoms with van der Waals surface area (Å²) in [5.74, 6) is 2.62. The van der Waals surface area contributed by atoms with Gasteiger partial charge in [-0.2, -0.15) is 0 Å². The number of hydrogen-bond donors (Lipinski definition) is 6. The number of hydrogen-bond acceptors (Lipinski definition) is 24. The topological polar surface area (TPSA) is 352 Å². The molecule has 12 heterocycles. The summed E-state index contributed by atoms with van der Waals surface area (Å²) in [5.41, 5.74) is 10.4. The Bertz CT molecular complexity index is 5880. The monoisotopic (exact) mass is 1720 g/mol. The lowest BCUT2D eigenvalue weighted by atomic mass is 10.0. The Hall–Kier alpha value is -10.3. The number of H-pyrrole nitrogens is 6. The van der Waals surface area contributed by atoms with Crippen molar-refractivity contribution >= 4 is 116 Å². The molecule has 14 rings (SSSR count). The van der Waals surface area contributed by atoms with Crippen LogP contribution in [0, 0.1) is 39.3 Å². The summed E-state index contributed by atoms with van der Waals surface area (Å²) in [6, 6.07) is 36.3. The zero-order valence-corrected chi connectivity index (χ0v) is 69.8. The number of aromatic amines is 6. The zero-order valence-electron chi connectivity index (χ0n) is 62.6. The lowest BCUT2D eigenvalue weighted by molar-refractivity contribution is 0.560. The second-order valence-electron chi connectivity index (χ2n) is 24.5. The highest BCUT2D eigenvalue weighted by atomic mass is 35.5. The number of aromatic nitrogens is 18. The van der Waals surface area contributed by atoms with Gasteiger partial charge in [-0.05, 0) is 117 Å². The second-order valence-corrected chi connectivity index (χ2v) is 31.3. The third-order valence-electron chi connectivity index (χ3n) is 15.5. The first kappa shape index (κ1) is 88.7. The van der Waals surface area contributed by atoms with Crippen molar-refractivity contribution in [2.75, 3.05) is 0 Å². The maximum Gasteiger partial charge on any atom is 0.255 e. The van der Waals surface area contributed by atoms with E-state index in [0.717, 1.165) is 97.8 Å². The molecule has 0 spiro atoms.